The van der Waals surface area contributed by atoms with Crippen LogP contribution in [0.3, 0.4) is 0 Å². The summed E-state index contributed by atoms with van der Waals surface area (Å²) in [7, 11) is 0. The van der Waals surface area contributed by atoms with Crippen LogP contribution in [0.5, 0.6) is 0 Å². The topological polar surface area (TPSA) is 71.3 Å². The molecule has 0 saturated carbocycles. The first kappa shape index (κ1) is 22.1. The van der Waals surface area contributed by atoms with E-state index in [1.54, 1.807) is 12.1 Å². The molecule has 1 aromatic heterocycles. The molecule has 0 radical (unpaired) electrons. The van der Waals surface area contributed by atoms with Gasteiger partial charge in [-0.05, 0) is 74.2 Å². The zero-order valence-corrected chi connectivity index (χ0v) is 18.8. The lowest BCUT2D eigenvalue weighted by Gasteiger charge is -2.30. The molecule has 1 fully saturated rings. The van der Waals surface area contributed by atoms with E-state index >= 15 is 0 Å². The van der Waals surface area contributed by atoms with Crippen LogP contribution >= 0.6 is 0 Å². The van der Waals surface area contributed by atoms with Crippen molar-refractivity contribution < 1.29 is 13.7 Å². The van der Waals surface area contributed by atoms with Crippen molar-refractivity contribution in [1.29, 1.82) is 0 Å². The number of anilines is 1. The first-order chi connectivity index (χ1) is 15.4. The van der Waals surface area contributed by atoms with E-state index in [1.165, 1.54) is 17.7 Å². The Morgan fingerprint density at radius 3 is 2.59 bits per heavy atom. The number of halogens is 1. The van der Waals surface area contributed by atoms with Crippen molar-refractivity contribution in [2.45, 2.75) is 46.1 Å². The fourth-order valence-corrected chi connectivity index (χ4v) is 4.15. The molecule has 2 aromatic carbocycles. The van der Waals surface area contributed by atoms with Gasteiger partial charge in [0.2, 0.25) is 17.6 Å². The molecule has 32 heavy (non-hydrogen) atoms. The van der Waals surface area contributed by atoms with Gasteiger partial charge in [-0.25, -0.2) is 4.39 Å². The van der Waals surface area contributed by atoms with Gasteiger partial charge in [0.15, 0.2) is 0 Å². The van der Waals surface area contributed by atoms with Gasteiger partial charge < -0.3 is 9.84 Å². The lowest BCUT2D eigenvalue weighted by atomic mass is 9.94. The number of likely N-dealkylation sites (tertiary alicyclic amines) is 1. The van der Waals surface area contributed by atoms with E-state index in [9.17, 15) is 9.18 Å². The standard InChI is InChI=1S/C25H29FN4O2/c1-16(2)21-6-4-5-17(3)23(21)28-25(31)19-11-13-30(14-12-19)15-22-27-24(29-32-22)18-7-9-20(26)10-8-18/h4-10,16,19H,11-15H2,1-3H3,(H,28,31). The van der Waals surface area contributed by atoms with E-state index in [2.05, 4.69) is 40.3 Å². The zero-order valence-electron chi connectivity index (χ0n) is 18.8. The van der Waals surface area contributed by atoms with E-state index in [0.29, 0.717) is 29.7 Å². The number of aromatic nitrogens is 2. The van der Waals surface area contributed by atoms with E-state index in [-0.39, 0.29) is 17.6 Å². The quantitative estimate of drug-likeness (QED) is 0.578. The summed E-state index contributed by atoms with van der Waals surface area (Å²) in [5, 5.41) is 7.20. The Balaban J connectivity index is 1.32. The third kappa shape index (κ3) is 5.05. The van der Waals surface area contributed by atoms with Crippen LogP contribution in [0, 0.1) is 18.7 Å². The predicted molar refractivity (Wildman–Crippen MR) is 122 cm³/mol. The number of nitrogens with one attached hydrogen (secondary N) is 1. The van der Waals surface area contributed by atoms with Crippen LogP contribution in [0.25, 0.3) is 11.4 Å². The maximum Gasteiger partial charge on any atom is 0.241 e. The van der Waals surface area contributed by atoms with Crippen molar-refractivity contribution in [1.82, 2.24) is 15.0 Å². The van der Waals surface area contributed by atoms with Crippen molar-refractivity contribution in [3.63, 3.8) is 0 Å². The monoisotopic (exact) mass is 436 g/mol. The summed E-state index contributed by atoms with van der Waals surface area (Å²) in [4.78, 5) is 19.6. The summed E-state index contributed by atoms with van der Waals surface area (Å²) in [6, 6.07) is 12.2. The molecule has 0 spiro atoms. The number of nitrogens with zero attached hydrogens (tertiary/aromatic N) is 3. The van der Waals surface area contributed by atoms with Gasteiger partial charge in [-0.2, -0.15) is 4.98 Å². The smallest absolute Gasteiger partial charge is 0.241 e. The molecule has 2 heterocycles. The predicted octanol–water partition coefficient (Wildman–Crippen LogP) is 5.16. The molecular formula is C25H29FN4O2. The highest BCUT2D eigenvalue weighted by molar-refractivity contribution is 5.94. The van der Waals surface area contributed by atoms with Crippen LogP contribution < -0.4 is 5.32 Å². The molecule has 1 amide bonds. The molecule has 7 heteroatoms. The van der Waals surface area contributed by atoms with E-state index < -0.39 is 0 Å². The van der Waals surface area contributed by atoms with Crippen molar-refractivity contribution >= 4 is 11.6 Å². The Bertz CT molecular complexity index is 1070. The van der Waals surface area contributed by atoms with Crippen molar-refractivity contribution in [2.24, 2.45) is 5.92 Å². The maximum absolute atomic E-state index is 13.1. The summed E-state index contributed by atoms with van der Waals surface area (Å²) < 4.78 is 18.5. The molecule has 3 aromatic rings. The molecular weight excluding hydrogens is 407 g/mol. The van der Waals surface area contributed by atoms with Gasteiger partial charge in [-0.1, -0.05) is 37.2 Å². The lowest BCUT2D eigenvalue weighted by molar-refractivity contribution is -0.121. The van der Waals surface area contributed by atoms with Gasteiger partial charge in [0, 0.05) is 17.2 Å². The van der Waals surface area contributed by atoms with Crippen LogP contribution in [-0.2, 0) is 11.3 Å². The second-order valence-electron chi connectivity index (χ2n) is 8.75. The average molecular weight is 437 g/mol. The Morgan fingerprint density at radius 2 is 1.91 bits per heavy atom. The van der Waals surface area contributed by atoms with Crippen molar-refractivity contribution in [2.75, 3.05) is 18.4 Å². The second kappa shape index (κ2) is 9.61. The summed E-state index contributed by atoms with van der Waals surface area (Å²) in [5.74, 6) is 1.11. The summed E-state index contributed by atoms with van der Waals surface area (Å²) in [5.41, 5.74) is 3.93. The molecule has 1 aliphatic rings. The van der Waals surface area contributed by atoms with Gasteiger partial charge in [0.05, 0.1) is 6.54 Å². The van der Waals surface area contributed by atoms with Gasteiger partial charge in [0.25, 0.3) is 0 Å². The normalized spacial score (nSPS) is 15.3. The third-order valence-electron chi connectivity index (χ3n) is 6.06. The van der Waals surface area contributed by atoms with Crippen LogP contribution in [0.4, 0.5) is 10.1 Å². The fourth-order valence-electron chi connectivity index (χ4n) is 4.15. The summed E-state index contributed by atoms with van der Waals surface area (Å²) in [6.07, 6.45) is 1.57. The first-order valence-electron chi connectivity index (χ1n) is 11.1. The summed E-state index contributed by atoms with van der Waals surface area (Å²) in [6.45, 7) is 8.44. The number of benzene rings is 2. The molecule has 0 unspecified atom stereocenters. The van der Waals surface area contributed by atoms with Gasteiger partial charge >= 0.3 is 0 Å². The molecule has 0 aliphatic carbocycles. The van der Waals surface area contributed by atoms with Crippen LogP contribution in [0.2, 0.25) is 0 Å². The molecule has 1 N–H and O–H groups in total. The minimum Gasteiger partial charge on any atom is -0.338 e. The van der Waals surface area contributed by atoms with E-state index in [4.69, 9.17) is 4.52 Å². The zero-order chi connectivity index (χ0) is 22.7. The Morgan fingerprint density at radius 1 is 1.19 bits per heavy atom. The largest absolute Gasteiger partial charge is 0.338 e. The number of para-hydroxylation sites is 1. The molecule has 6 nitrogen and oxygen atoms in total. The van der Waals surface area contributed by atoms with Crippen molar-refractivity contribution in [3.8, 4) is 11.4 Å². The minimum absolute atomic E-state index is 0.0108. The molecule has 1 saturated heterocycles. The van der Waals surface area contributed by atoms with E-state index in [0.717, 1.165) is 37.2 Å². The number of aryl methyl sites for hydroxylation is 1. The molecule has 1 aliphatic heterocycles. The molecule has 0 bridgehead atoms. The second-order valence-corrected chi connectivity index (χ2v) is 8.75. The highest BCUT2D eigenvalue weighted by Gasteiger charge is 2.27. The highest BCUT2D eigenvalue weighted by Crippen LogP contribution is 2.29. The molecule has 4 rings (SSSR count). The van der Waals surface area contributed by atoms with Gasteiger partial charge in [0.1, 0.15) is 5.82 Å². The highest BCUT2D eigenvalue weighted by atomic mass is 19.1. The van der Waals surface area contributed by atoms with E-state index in [1.807, 2.05) is 19.1 Å². The number of carbonyl (C=O) groups excluding carboxylic acids is 1. The Kier molecular flexibility index (Phi) is 6.65. The number of amides is 1. The Hall–Kier alpha value is -3.06. The third-order valence-corrected chi connectivity index (χ3v) is 6.06. The fraction of sp³-hybridized carbons (Fsp3) is 0.400. The summed E-state index contributed by atoms with van der Waals surface area (Å²) >= 11 is 0. The number of carbonyl (C=O) groups is 1. The number of hydrogen-bond donors (Lipinski definition) is 1. The maximum atomic E-state index is 13.1. The van der Waals surface area contributed by atoms with Gasteiger partial charge in [-0.15, -0.1) is 0 Å². The average Bonchev–Trinajstić information content (AvgIpc) is 3.24. The van der Waals surface area contributed by atoms with Crippen LogP contribution in [0.15, 0.2) is 47.0 Å². The molecule has 168 valence electrons. The van der Waals surface area contributed by atoms with Gasteiger partial charge in [-0.3, -0.25) is 9.69 Å². The van der Waals surface area contributed by atoms with Crippen molar-refractivity contribution in [3.05, 3.63) is 65.3 Å². The lowest BCUT2D eigenvalue weighted by Crippen LogP contribution is -2.38. The molecule has 0 atom stereocenters. The van der Waals surface area contributed by atoms with Crippen LogP contribution in [0.1, 0.15) is 49.6 Å². The number of piperidine rings is 1. The Labute approximate surface area is 187 Å². The number of rotatable bonds is 6. The van der Waals surface area contributed by atoms with Crippen LogP contribution in [-0.4, -0.2) is 34.0 Å². The first-order valence-corrected chi connectivity index (χ1v) is 11.1. The SMILES string of the molecule is Cc1cccc(C(C)C)c1NC(=O)C1CCN(Cc2nc(-c3ccc(F)cc3)no2)CC1. The number of hydrogen-bond acceptors (Lipinski definition) is 5. The minimum atomic E-state index is -0.299.